The molecule has 0 fully saturated rings. The minimum atomic E-state index is -0.0479. The summed E-state index contributed by atoms with van der Waals surface area (Å²) in [4.78, 5) is 11.1. The first-order valence-electron chi connectivity index (χ1n) is 5.34. The standard InChI is InChI=1S/C10H22N2O2S/c1-15-8-4-2-3-6-12-10(13)9-14-7-5-11/h2-9,11H2,1H3,(H,12,13). The largest absolute Gasteiger partial charge is 0.370 e. The Morgan fingerprint density at radius 2 is 2.20 bits per heavy atom. The summed E-state index contributed by atoms with van der Waals surface area (Å²) in [5.41, 5.74) is 5.22. The maximum atomic E-state index is 11.1. The number of nitrogens with two attached hydrogens (primary N) is 1. The Bertz CT molecular complexity index is 156. The Labute approximate surface area is 96.3 Å². The maximum absolute atomic E-state index is 11.1. The lowest BCUT2D eigenvalue weighted by Gasteiger charge is -2.05. The van der Waals surface area contributed by atoms with Gasteiger partial charge in [-0.1, -0.05) is 6.42 Å². The molecule has 3 N–H and O–H groups in total. The van der Waals surface area contributed by atoms with Gasteiger partial charge in [-0.05, 0) is 24.9 Å². The highest BCUT2D eigenvalue weighted by atomic mass is 32.2. The number of carbonyl (C=O) groups is 1. The van der Waals surface area contributed by atoms with E-state index in [2.05, 4.69) is 11.6 Å². The molecule has 0 saturated heterocycles. The molecule has 0 aliphatic heterocycles. The number of thioether (sulfide) groups is 1. The Morgan fingerprint density at radius 1 is 1.40 bits per heavy atom. The molecule has 0 bridgehead atoms. The van der Waals surface area contributed by atoms with Crippen molar-refractivity contribution in [3.05, 3.63) is 0 Å². The molecule has 0 aliphatic carbocycles. The number of ether oxygens (including phenoxy) is 1. The minimum absolute atomic E-state index is 0.0479. The molecular formula is C10H22N2O2S. The van der Waals surface area contributed by atoms with Gasteiger partial charge in [0.15, 0.2) is 0 Å². The molecule has 0 rings (SSSR count). The van der Waals surface area contributed by atoms with Crippen molar-refractivity contribution in [3.8, 4) is 0 Å². The molecule has 0 unspecified atom stereocenters. The van der Waals surface area contributed by atoms with Crippen LogP contribution >= 0.6 is 11.8 Å². The molecule has 0 aliphatic rings. The zero-order chi connectivity index (χ0) is 11.4. The SMILES string of the molecule is CSCCCCCNC(=O)COCCN. The van der Waals surface area contributed by atoms with Crippen LogP contribution in [0.2, 0.25) is 0 Å². The van der Waals surface area contributed by atoms with E-state index in [1.54, 1.807) is 0 Å². The number of amides is 1. The monoisotopic (exact) mass is 234 g/mol. The molecule has 0 atom stereocenters. The molecule has 1 amide bonds. The molecule has 0 heterocycles. The fourth-order valence-electron chi connectivity index (χ4n) is 1.08. The molecule has 0 aromatic heterocycles. The number of unbranched alkanes of at least 4 members (excludes halogenated alkanes) is 2. The number of hydrogen-bond acceptors (Lipinski definition) is 4. The van der Waals surface area contributed by atoms with Gasteiger partial charge in [0.1, 0.15) is 6.61 Å². The van der Waals surface area contributed by atoms with Gasteiger partial charge in [0.05, 0.1) is 6.61 Å². The summed E-state index contributed by atoms with van der Waals surface area (Å²) in [5, 5.41) is 2.81. The number of rotatable bonds is 10. The molecule has 5 heteroatoms. The van der Waals surface area contributed by atoms with E-state index in [9.17, 15) is 4.79 Å². The van der Waals surface area contributed by atoms with Crippen LogP contribution in [0.3, 0.4) is 0 Å². The third kappa shape index (κ3) is 11.7. The van der Waals surface area contributed by atoms with E-state index in [4.69, 9.17) is 10.5 Å². The van der Waals surface area contributed by atoms with Crippen molar-refractivity contribution in [2.24, 2.45) is 5.73 Å². The van der Waals surface area contributed by atoms with Crippen molar-refractivity contribution in [3.63, 3.8) is 0 Å². The molecule has 0 spiro atoms. The van der Waals surface area contributed by atoms with Crippen LogP contribution in [0.1, 0.15) is 19.3 Å². The highest BCUT2D eigenvalue weighted by molar-refractivity contribution is 7.98. The molecule has 0 aromatic carbocycles. The zero-order valence-corrected chi connectivity index (χ0v) is 10.3. The Balaban J connectivity index is 3.10. The van der Waals surface area contributed by atoms with Gasteiger partial charge in [0.2, 0.25) is 5.91 Å². The Morgan fingerprint density at radius 3 is 2.87 bits per heavy atom. The van der Waals surface area contributed by atoms with Crippen molar-refractivity contribution in [1.29, 1.82) is 0 Å². The van der Waals surface area contributed by atoms with E-state index >= 15 is 0 Å². The summed E-state index contributed by atoms with van der Waals surface area (Å²) in [6, 6.07) is 0. The zero-order valence-electron chi connectivity index (χ0n) is 9.46. The first-order valence-corrected chi connectivity index (χ1v) is 6.74. The summed E-state index contributed by atoms with van der Waals surface area (Å²) >= 11 is 1.86. The van der Waals surface area contributed by atoms with Gasteiger partial charge in [0.25, 0.3) is 0 Å². The molecule has 4 nitrogen and oxygen atoms in total. The first kappa shape index (κ1) is 14.7. The van der Waals surface area contributed by atoms with E-state index in [1.807, 2.05) is 11.8 Å². The summed E-state index contributed by atoms with van der Waals surface area (Å²) in [5.74, 6) is 1.15. The van der Waals surface area contributed by atoms with Crippen molar-refractivity contribution in [2.45, 2.75) is 19.3 Å². The predicted octanol–water partition coefficient (Wildman–Crippen LogP) is 0.611. The second kappa shape index (κ2) is 11.8. The minimum Gasteiger partial charge on any atom is -0.370 e. The smallest absolute Gasteiger partial charge is 0.245 e. The summed E-state index contributed by atoms with van der Waals surface area (Å²) in [7, 11) is 0. The summed E-state index contributed by atoms with van der Waals surface area (Å²) in [6.07, 6.45) is 5.55. The van der Waals surface area contributed by atoms with E-state index in [0.29, 0.717) is 13.2 Å². The van der Waals surface area contributed by atoms with E-state index < -0.39 is 0 Å². The Hall–Kier alpha value is -0.260. The first-order chi connectivity index (χ1) is 7.31. The third-order valence-corrected chi connectivity index (χ3v) is 2.54. The second-order valence-corrected chi connectivity index (χ2v) is 4.23. The van der Waals surface area contributed by atoms with Gasteiger partial charge in [0, 0.05) is 13.1 Å². The van der Waals surface area contributed by atoms with Gasteiger partial charge in [-0.2, -0.15) is 11.8 Å². The third-order valence-electron chi connectivity index (χ3n) is 1.84. The van der Waals surface area contributed by atoms with Crippen molar-refractivity contribution >= 4 is 17.7 Å². The second-order valence-electron chi connectivity index (χ2n) is 3.24. The number of carbonyl (C=O) groups excluding carboxylic acids is 1. The van der Waals surface area contributed by atoms with Crippen LogP contribution in [0.4, 0.5) is 0 Å². The lowest BCUT2D eigenvalue weighted by atomic mass is 10.2. The quantitative estimate of drug-likeness (QED) is 0.544. The van der Waals surface area contributed by atoms with Crippen LogP contribution in [0, 0.1) is 0 Å². The molecule has 90 valence electrons. The predicted molar refractivity (Wildman–Crippen MR) is 65.1 cm³/mol. The van der Waals surface area contributed by atoms with Crippen molar-refractivity contribution in [2.75, 3.05) is 38.3 Å². The lowest BCUT2D eigenvalue weighted by Crippen LogP contribution is -2.29. The van der Waals surface area contributed by atoms with Gasteiger partial charge in [-0.3, -0.25) is 4.79 Å². The van der Waals surface area contributed by atoms with Crippen LogP contribution in [0.5, 0.6) is 0 Å². The summed E-state index contributed by atoms with van der Waals surface area (Å²) in [6.45, 7) is 1.78. The van der Waals surface area contributed by atoms with Gasteiger partial charge >= 0.3 is 0 Å². The number of hydrogen-bond donors (Lipinski definition) is 2. The van der Waals surface area contributed by atoms with Gasteiger partial charge in [-0.15, -0.1) is 0 Å². The normalized spacial score (nSPS) is 10.3. The average Bonchev–Trinajstić information content (AvgIpc) is 2.23. The lowest BCUT2D eigenvalue weighted by molar-refractivity contribution is -0.125. The highest BCUT2D eigenvalue weighted by Crippen LogP contribution is 2.00. The average molecular weight is 234 g/mol. The molecule has 0 aromatic rings. The fraction of sp³-hybridized carbons (Fsp3) is 0.900. The topological polar surface area (TPSA) is 64.3 Å². The van der Waals surface area contributed by atoms with Crippen LogP contribution in [-0.2, 0) is 9.53 Å². The molecule has 0 saturated carbocycles. The van der Waals surface area contributed by atoms with Crippen LogP contribution < -0.4 is 11.1 Å². The van der Waals surface area contributed by atoms with Crippen molar-refractivity contribution < 1.29 is 9.53 Å². The highest BCUT2D eigenvalue weighted by Gasteiger charge is 1.99. The van der Waals surface area contributed by atoms with Crippen LogP contribution in [0.15, 0.2) is 0 Å². The van der Waals surface area contributed by atoms with Crippen LogP contribution in [0.25, 0.3) is 0 Å². The van der Waals surface area contributed by atoms with E-state index in [0.717, 1.165) is 13.0 Å². The Kier molecular flexibility index (Phi) is 11.6. The summed E-state index contributed by atoms with van der Waals surface area (Å²) < 4.78 is 5.00. The molecule has 0 radical (unpaired) electrons. The van der Waals surface area contributed by atoms with E-state index in [-0.39, 0.29) is 12.5 Å². The fourth-order valence-corrected chi connectivity index (χ4v) is 1.57. The van der Waals surface area contributed by atoms with Crippen LogP contribution in [-0.4, -0.2) is 44.2 Å². The van der Waals surface area contributed by atoms with Gasteiger partial charge in [-0.25, -0.2) is 0 Å². The maximum Gasteiger partial charge on any atom is 0.245 e. The van der Waals surface area contributed by atoms with E-state index in [1.165, 1.54) is 18.6 Å². The van der Waals surface area contributed by atoms with Gasteiger partial charge < -0.3 is 15.8 Å². The van der Waals surface area contributed by atoms with Crippen molar-refractivity contribution in [1.82, 2.24) is 5.32 Å². The number of nitrogens with one attached hydrogen (secondary N) is 1. The molecular weight excluding hydrogens is 212 g/mol. The molecule has 15 heavy (non-hydrogen) atoms.